The monoisotopic (exact) mass is 269 g/mol. The van der Waals surface area contributed by atoms with Gasteiger partial charge in [0.2, 0.25) is 0 Å². The fourth-order valence-electron chi connectivity index (χ4n) is 1.14. The molecule has 0 saturated carbocycles. The molecule has 0 fully saturated rings. The van der Waals surface area contributed by atoms with E-state index in [1.165, 1.54) is 13.2 Å². The molecular weight excluding hydrogens is 262 g/mol. The van der Waals surface area contributed by atoms with Crippen molar-refractivity contribution in [3.8, 4) is 11.8 Å². The largest absolute Gasteiger partial charge is 0.506 e. The highest BCUT2D eigenvalue weighted by Crippen LogP contribution is 2.27. The van der Waals surface area contributed by atoms with Crippen molar-refractivity contribution < 1.29 is 14.6 Å². The van der Waals surface area contributed by atoms with Gasteiger partial charge in [-0.15, -0.1) is 0 Å². The lowest BCUT2D eigenvalue weighted by Gasteiger charge is -2.06. The lowest BCUT2D eigenvalue weighted by Crippen LogP contribution is -2.05. The number of phenols is 1. The van der Waals surface area contributed by atoms with Gasteiger partial charge in [-0.25, -0.2) is 4.79 Å². The van der Waals surface area contributed by atoms with Crippen LogP contribution >= 0.6 is 15.9 Å². The topological polar surface area (TPSA) is 70.3 Å². The number of nitriles is 1. The highest BCUT2D eigenvalue weighted by atomic mass is 79.9. The Bertz CT molecular complexity index is 437. The molecule has 0 aliphatic rings. The highest BCUT2D eigenvalue weighted by molar-refractivity contribution is 9.08. The standard InChI is InChI=1S/C10H8BrNO3/c1-15-10(14)7-3-2-6(4-11)9(13)8(7)5-12/h2-3,13H,4H2,1H3. The molecule has 0 saturated heterocycles. The first kappa shape index (κ1) is 11.5. The van der Waals surface area contributed by atoms with Crippen molar-refractivity contribution in [3.63, 3.8) is 0 Å². The van der Waals surface area contributed by atoms with E-state index < -0.39 is 5.97 Å². The van der Waals surface area contributed by atoms with Gasteiger partial charge in [-0.1, -0.05) is 22.0 Å². The van der Waals surface area contributed by atoms with Crippen LogP contribution in [-0.2, 0) is 10.1 Å². The number of hydrogen-bond donors (Lipinski definition) is 1. The minimum absolute atomic E-state index is 0.0567. The summed E-state index contributed by atoms with van der Waals surface area (Å²) in [5, 5.41) is 18.9. The van der Waals surface area contributed by atoms with Crippen molar-refractivity contribution in [1.82, 2.24) is 0 Å². The Balaban J connectivity index is 3.39. The van der Waals surface area contributed by atoms with Crippen LogP contribution in [-0.4, -0.2) is 18.2 Å². The molecule has 4 nitrogen and oxygen atoms in total. The first-order valence-electron chi connectivity index (χ1n) is 4.05. The summed E-state index contributed by atoms with van der Waals surface area (Å²) in [6, 6.07) is 4.81. The molecule has 0 spiro atoms. The van der Waals surface area contributed by atoms with Crippen molar-refractivity contribution in [1.29, 1.82) is 5.26 Å². The molecule has 0 amide bonds. The van der Waals surface area contributed by atoms with E-state index in [0.29, 0.717) is 10.9 Å². The summed E-state index contributed by atoms with van der Waals surface area (Å²) in [6.07, 6.45) is 0. The van der Waals surface area contributed by atoms with E-state index in [4.69, 9.17) is 5.26 Å². The summed E-state index contributed by atoms with van der Waals surface area (Å²) in [7, 11) is 1.22. The molecule has 0 atom stereocenters. The molecule has 0 bridgehead atoms. The summed E-state index contributed by atoms with van der Waals surface area (Å²) in [6.45, 7) is 0. The van der Waals surface area contributed by atoms with Gasteiger partial charge in [0.15, 0.2) is 0 Å². The molecule has 1 aromatic rings. The van der Waals surface area contributed by atoms with Gasteiger partial charge in [-0.05, 0) is 6.07 Å². The van der Waals surface area contributed by atoms with E-state index in [0.717, 1.165) is 0 Å². The van der Waals surface area contributed by atoms with Crippen molar-refractivity contribution in [2.24, 2.45) is 0 Å². The Kier molecular flexibility index (Phi) is 3.69. The fraction of sp³-hybridized carbons (Fsp3) is 0.200. The zero-order valence-electron chi connectivity index (χ0n) is 7.95. The smallest absolute Gasteiger partial charge is 0.339 e. The molecule has 0 unspecified atom stereocenters. The maximum absolute atomic E-state index is 11.2. The minimum Gasteiger partial charge on any atom is -0.506 e. The first-order chi connectivity index (χ1) is 7.15. The third-order valence-corrected chi connectivity index (χ3v) is 2.53. The molecule has 15 heavy (non-hydrogen) atoms. The van der Waals surface area contributed by atoms with Crippen LogP contribution in [0.1, 0.15) is 21.5 Å². The molecule has 78 valence electrons. The first-order valence-corrected chi connectivity index (χ1v) is 5.17. The molecule has 0 radical (unpaired) electrons. The molecule has 5 heteroatoms. The van der Waals surface area contributed by atoms with Gasteiger partial charge >= 0.3 is 5.97 Å². The van der Waals surface area contributed by atoms with E-state index in [-0.39, 0.29) is 16.9 Å². The van der Waals surface area contributed by atoms with Gasteiger partial charge in [0.1, 0.15) is 17.4 Å². The number of ether oxygens (including phenoxy) is 1. The summed E-state index contributed by atoms with van der Waals surface area (Å²) >= 11 is 3.16. The molecule has 0 aliphatic carbocycles. The lowest BCUT2D eigenvalue weighted by atomic mass is 10.0. The number of esters is 1. The van der Waals surface area contributed by atoms with Gasteiger partial charge < -0.3 is 9.84 Å². The Morgan fingerprint density at radius 3 is 2.80 bits per heavy atom. The van der Waals surface area contributed by atoms with Gasteiger partial charge in [0.05, 0.1) is 12.7 Å². The quantitative estimate of drug-likeness (QED) is 0.658. The molecule has 1 aromatic carbocycles. The van der Waals surface area contributed by atoms with Crippen LogP contribution in [0.15, 0.2) is 12.1 Å². The third-order valence-electron chi connectivity index (χ3n) is 1.92. The Hall–Kier alpha value is -1.54. The number of rotatable bonds is 2. The third kappa shape index (κ3) is 2.10. The SMILES string of the molecule is COC(=O)c1ccc(CBr)c(O)c1C#N. The molecule has 0 heterocycles. The number of methoxy groups -OCH3 is 1. The highest BCUT2D eigenvalue weighted by Gasteiger charge is 2.17. The van der Waals surface area contributed by atoms with Crippen LogP contribution in [0, 0.1) is 11.3 Å². The number of carbonyl (C=O) groups is 1. The van der Waals surface area contributed by atoms with Gasteiger partial charge in [-0.2, -0.15) is 5.26 Å². The number of hydrogen-bond acceptors (Lipinski definition) is 4. The van der Waals surface area contributed by atoms with E-state index in [1.807, 2.05) is 0 Å². The molecule has 0 aliphatic heterocycles. The fourth-order valence-corrected chi connectivity index (χ4v) is 1.59. The minimum atomic E-state index is -0.636. The van der Waals surface area contributed by atoms with E-state index >= 15 is 0 Å². The molecular formula is C10H8BrNO3. The van der Waals surface area contributed by atoms with Crippen molar-refractivity contribution in [2.45, 2.75) is 5.33 Å². The number of aromatic hydroxyl groups is 1. The maximum atomic E-state index is 11.2. The summed E-state index contributed by atoms with van der Waals surface area (Å²) in [4.78, 5) is 11.2. The number of carbonyl (C=O) groups excluding carboxylic acids is 1. The maximum Gasteiger partial charge on any atom is 0.339 e. The predicted octanol–water partition coefficient (Wildman–Crippen LogP) is 1.95. The number of phenolic OH excluding ortho intramolecular Hbond substituents is 1. The van der Waals surface area contributed by atoms with Crippen molar-refractivity contribution >= 4 is 21.9 Å². The summed E-state index contributed by atoms with van der Waals surface area (Å²) in [5.41, 5.74) is 0.570. The number of alkyl halides is 1. The Labute approximate surface area is 95.2 Å². The Morgan fingerprint density at radius 1 is 1.67 bits per heavy atom. The summed E-state index contributed by atoms with van der Waals surface area (Å²) < 4.78 is 4.49. The van der Waals surface area contributed by atoms with Crippen LogP contribution in [0.25, 0.3) is 0 Å². The average molecular weight is 270 g/mol. The molecule has 0 aromatic heterocycles. The second-order valence-corrected chi connectivity index (χ2v) is 3.29. The zero-order chi connectivity index (χ0) is 11.4. The molecule has 1 rings (SSSR count). The number of halogens is 1. The summed E-state index contributed by atoms with van der Waals surface area (Å²) in [5.74, 6) is -0.819. The average Bonchev–Trinajstić information content (AvgIpc) is 2.27. The second kappa shape index (κ2) is 4.80. The van der Waals surface area contributed by atoms with Crippen LogP contribution in [0.2, 0.25) is 0 Å². The zero-order valence-corrected chi connectivity index (χ0v) is 9.54. The van der Waals surface area contributed by atoms with E-state index in [2.05, 4.69) is 20.7 Å². The van der Waals surface area contributed by atoms with Gasteiger partial charge in [-0.3, -0.25) is 0 Å². The lowest BCUT2D eigenvalue weighted by molar-refractivity contribution is 0.0600. The normalized spacial score (nSPS) is 9.40. The van der Waals surface area contributed by atoms with Crippen LogP contribution in [0.3, 0.4) is 0 Å². The van der Waals surface area contributed by atoms with Crippen LogP contribution in [0.4, 0.5) is 0 Å². The predicted molar refractivity (Wildman–Crippen MR) is 56.8 cm³/mol. The van der Waals surface area contributed by atoms with Crippen molar-refractivity contribution in [3.05, 3.63) is 28.8 Å². The van der Waals surface area contributed by atoms with E-state index in [1.54, 1.807) is 12.1 Å². The molecule has 1 N–H and O–H groups in total. The van der Waals surface area contributed by atoms with Gasteiger partial charge in [0, 0.05) is 10.9 Å². The van der Waals surface area contributed by atoms with Crippen LogP contribution in [0.5, 0.6) is 5.75 Å². The van der Waals surface area contributed by atoms with Gasteiger partial charge in [0.25, 0.3) is 0 Å². The second-order valence-electron chi connectivity index (χ2n) is 2.73. The van der Waals surface area contributed by atoms with E-state index in [9.17, 15) is 9.90 Å². The van der Waals surface area contributed by atoms with Crippen LogP contribution < -0.4 is 0 Å². The Morgan fingerprint density at radius 2 is 2.33 bits per heavy atom. The number of benzene rings is 1. The van der Waals surface area contributed by atoms with Crippen molar-refractivity contribution in [2.75, 3.05) is 7.11 Å². The number of nitrogens with zero attached hydrogens (tertiary/aromatic N) is 1.